The number of aryl methyl sites for hydroxylation is 1. The Kier molecular flexibility index (Phi) is 6.35. The normalized spacial score (nSPS) is 11.2. The fraction of sp³-hybridized carbons (Fsp3) is 0.500. The molecule has 1 aromatic carbocycles. The number of benzene rings is 1. The van der Waals surface area contributed by atoms with E-state index in [1.807, 2.05) is 0 Å². The molecule has 20 heavy (non-hydrogen) atoms. The van der Waals surface area contributed by atoms with Crippen LogP contribution in [0.2, 0.25) is 5.02 Å². The van der Waals surface area contributed by atoms with Crippen LogP contribution in [0.3, 0.4) is 0 Å². The van der Waals surface area contributed by atoms with Gasteiger partial charge in [-0.3, -0.25) is 0 Å². The summed E-state index contributed by atoms with van der Waals surface area (Å²) in [5, 5.41) is 9.04. The van der Waals surface area contributed by atoms with E-state index in [0.717, 1.165) is 0 Å². The highest BCUT2D eigenvalue weighted by molar-refractivity contribution is 6.32. The molecule has 0 atom stereocenters. The number of rotatable bonds is 7. The summed E-state index contributed by atoms with van der Waals surface area (Å²) in [6.45, 7) is -5.38. The molecule has 1 N–H and O–H groups in total. The van der Waals surface area contributed by atoms with E-state index < -0.39 is 25.6 Å². The van der Waals surface area contributed by atoms with Crippen LogP contribution in [0.4, 0.5) is 17.6 Å². The van der Waals surface area contributed by atoms with E-state index in [2.05, 4.69) is 9.47 Å². The van der Waals surface area contributed by atoms with Gasteiger partial charge in [-0.2, -0.15) is 17.6 Å². The van der Waals surface area contributed by atoms with Gasteiger partial charge >= 0.3 is 13.2 Å². The summed E-state index contributed by atoms with van der Waals surface area (Å²) in [5.41, 5.74) is -0.0231. The summed E-state index contributed by atoms with van der Waals surface area (Å²) in [6.07, 6.45) is 0.930. The van der Waals surface area contributed by atoms with E-state index >= 15 is 0 Å². The van der Waals surface area contributed by atoms with Crippen LogP contribution in [0.1, 0.15) is 24.5 Å². The van der Waals surface area contributed by atoms with Crippen molar-refractivity contribution in [2.75, 3.05) is 0 Å². The standard InChI is InChI=1S/C12H13ClF4O3/c1-2-3-6-4-8(13)10(20-12(16)17)7(5-18)9(6)19-11(14)15/h4,11-12,18H,2-3,5H2,1H3. The van der Waals surface area contributed by atoms with Crippen LogP contribution in [0.5, 0.6) is 11.5 Å². The molecule has 8 heteroatoms. The molecule has 0 heterocycles. The highest BCUT2D eigenvalue weighted by Gasteiger charge is 2.23. The van der Waals surface area contributed by atoms with Gasteiger partial charge in [-0.05, 0) is 18.1 Å². The number of aliphatic hydroxyl groups excluding tert-OH is 1. The molecule has 0 aliphatic carbocycles. The summed E-state index contributed by atoms with van der Waals surface area (Å²) < 4.78 is 58.0. The Balaban J connectivity index is 3.39. The maximum atomic E-state index is 12.4. The molecule has 0 aliphatic heterocycles. The summed E-state index contributed by atoms with van der Waals surface area (Å²) in [5.74, 6) is -0.927. The van der Waals surface area contributed by atoms with Gasteiger partial charge in [-0.1, -0.05) is 24.9 Å². The first kappa shape index (κ1) is 16.8. The number of hydrogen-bond acceptors (Lipinski definition) is 3. The zero-order chi connectivity index (χ0) is 15.3. The molecule has 3 nitrogen and oxygen atoms in total. The van der Waals surface area contributed by atoms with Crippen molar-refractivity contribution in [2.45, 2.75) is 39.6 Å². The van der Waals surface area contributed by atoms with E-state index in [1.54, 1.807) is 6.92 Å². The minimum atomic E-state index is -3.20. The van der Waals surface area contributed by atoms with E-state index in [-0.39, 0.29) is 16.3 Å². The number of hydrogen-bond donors (Lipinski definition) is 1. The van der Waals surface area contributed by atoms with Gasteiger partial charge < -0.3 is 14.6 Å². The molecule has 0 fully saturated rings. The van der Waals surface area contributed by atoms with Crippen LogP contribution in [-0.4, -0.2) is 18.3 Å². The fourth-order valence-electron chi connectivity index (χ4n) is 1.78. The zero-order valence-electron chi connectivity index (χ0n) is 10.5. The van der Waals surface area contributed by atoms with Crippen molar-refractivity contribution in [2.24, 2.45) is 0 Å². The molecule has 0 radical (unpaired) electrons. The largest absolute Gasteiger partial charge is 0.434 e. The lowest BCUT2D eigenvalue weighted by Crippen LogP contribution is -2.11. The molecule has 1 aromatic rings. The fourth-order valence-corrected chi connectivity index (χ4v) is 2.07. The van der Waals surface area contributed by atoms with Gasteiger partial charge in [-0.25, -0.2) is 0 Å². The number of halogens is 5. The SMILES string of the molecule is CCCc1cc(Cl)c(OC(F)F)c(CO)c1OC(F)F. The second-order valence-electron chi connectivity index (χ2n) is 3.82. The van der Waals surface area contributed by atoms with Gasteiger partial charge in [0.2, 0.25) is 0 Å². The molecule has 0 amide bonds. The van der Waals surface area contributed by atoms with Crippen molar-refractivity contribution in [1.29, 1.82) is 0 Å². The molecule has 0 spiro atoms. The van der Waals surface area contributed by atoms with Crippen LogP contribution in [-0.2, 0) is 13.0 Å². The Morgan fingerprint density at radius 1 is 1.15 bits per heavy atom. The summed E-state index contributed by atoms with van der Waals surface area (Å²) >= 11 is 5.79. The lowest BCUT2D eigenvalue weighted by Gasteiger charge is -2.19. The average molecular weight is 317 g/mol. The Morgan fingerprint density at radius 2 is 1.70 bits per heavy atom. The van der Waals surface area contributed by atoms with Crippen LogP contribution >= 0.6 is 11.6 Å². The topological polar surface area (TPSA) is 38.7 Å². The summed E-state index contributed by atoms with van der Waals surface area (Å²) in [4.78, 5) is 0. The van der Waals surface area contributed by atoms with Gasteiger partial charge in [0.15, 0.2) is 5.75 Å². The maximum Gasteiger partial charge on any atom is 0.387 e. The first-order valence-electron chi connectivity index (χ1n) is 5.75. The highest BCUT2D eigenvalue weighted by atomic mass is 35.5. The molecular formula is C12H13ClF4O3. The molecule has 0 aromatic heterocycles. The van der Waals surface area contributed by atoms with Crippen molar-refractivity contribution in [1.82, 2.24) is 0 Å². The number of aliphatic hydroxyl groups is 1. The monoisotopic (exact) mass is 316 g/mol. The van der Waals surface area contributed by atoms with Crippen molar-refractivity contribution in [3.8, 4) is 11.5 Å². The van der Waals surface area contributed by atoms with E-state index in [0.29, 0.717) is 18.4 Å². The lowest BCUT2D eigenvalue weighted by atomic mass is 10.0. The molecule has 0 saturated heterocycles. The Morgan fingerprint density at radius 3 is 2.15 bits per heavy atom. The maximum absolute atomic E-state index is 12.4. The lowest BCUT2D eigenvalue weighted by molar-refractivity contribution is -0.0567. The first-order valence-corrected chi connectivity index (χ1v) is 6.13. The van der Waals surface area contributed by atoms with E-state index in [1.165, 1.54) is 6.07 Å². The van der Waals surface area contributed by atoms with Crippen molar-refractivity contribution in [3.05, 3.63) is 22.2 Å². The highest BCUT2D eigenvalue weighted by Crippen LogP contribution is 2.40. The molecule has 1 rings (SSSR count). The van der Waals surface area contributed by atoms with Crippen molar-refractivity contribution >= 4 is 11.6 Å². The predicted octanol–water partition coefficient (Wildman–Crippen LogP) is 3.99. The third-order valence-electron chi connectivity index (χ3n) is 2.45. The van der Waals surface area contributed by atoms with Crippen LogP contribution in [0.15, 0.2) is 6.07 Å². The number of alkyl halides is 4. The quantitative estimate of drug-likeness (QED) is 0.773. The van der Waals surface area contributed by atoms with Gasteiger partial charge in [0.1, 0.15) is 5.75 Å². The molecule has 0 unspecified atom stereocenters. The molecular weight excluding hydrogens is 304 g/mol. The van der Waals surface area contributed by atoms with Gasteiger partial charge in [0.05, 0.1) is 17.2 Å². The first-order chi connectivity index (χ1) is 9.40. The Labute approximate surface area is 118 Å². The van der Waals surface area contributed by atoms with Crippen LogP contribution < -0.4 is 9.47 Å². The zero-order valence-corrected chi connectivity index (χ0v) is 11.3. The molecule has 0 saturated carbocycles. The minimum absolute atomic E-state index is 0.195. The van der Waals surface area contributed by atoms with Crippen LogP contribution in [0.25, 0.3) is 0 Å². The molecule has 0 bridgehead atoms. The van der Waals surface area contributed by atoms with Crippen LogP contribution in [0, 0.1) is 0 Å². The predicted molar refractivity (Wildman–Crippen MR) is 64.6 cm³/mol. The smallest absolute Gasteiger partial charge is 0.387 e. The number of ether oxygens (including phenoxy) is 2. The molecule has 0 aliphatic rings. The van der Waals surface area contributed by atoms with Crippen molar-refractivity contribution in [3.63, 3.8) is 0 Å². The van der Waals surface area contributed by atoms with E-state index in [9.17, 15) is 22.7 Å². The van der Waals surface area contributed by atoms with Gasteiger partial charge in [-0.15, -0.1) is 0 Å². The third-order valence-corrected chi connectivity index (χ3v) is 2.73. The molecule has 114 valence electrons. The van der Waals surface area contributed by atoms with Gasteiger partial charge in [0.25, 0.3) is 0 Å². The Hall–Kier alpha value is -1.21. The average Bonchev–Trinajstić information content (AvgIpc) is 2.34. The third kappa shape index (κ3) is 4.14. The minimum Gasteiger partial charge on any atom is -0.434 e. The summed E-state index contributed by atoms with van der Waals surface area (Å²) in [7, 11) is 0. The second kappa shape index (κ2) is 7.54. The summed E-state index contributed by atoms with van der Waals surface area (Å²) in [6, 6.07) is 1.22. The van der Waals surface area contributed by atoms with Crippen molar-refractivity contribution < 1.29 is 32.1 Å². The van der Waals surface area contributed by atoms with Gasteiger partial charge in [0, 0.05) is 0 Å². The Bertz CT molecular complexity index is 455. The van der Waals surface area contributed by atoms with E-state index in [4.69, 9.17) is 11.6 Å². The second-order valence-corrected chi connectivity index (χ2v) is 4.23.